The number of halogens is 2. The molecule has 3 rings (SSSR count). The lowest BCUT2D eigenvalue weighted by molar-refractivity contribution is -0.139. The third kappa shape index (κ3) is 8.77. The molecule has 0 fully saturated rings. The lowest BCUT2D eigenvalue weighted by atomic mass is 10.1. The fourth-order valence-electron chi connectivity index (χ4n) is 4.04. The van der Waals surface area contributed by atoms with Gasteiger partial charge in [-0.05, 0) is 86.5 Å². The number of nitrogens with one attached hydrogen (secondary N) is 1. The van der Waals surface area contributed by atoms with E-state index in [1.165, 1.54) is 41.3 Å². The number of sulfonamides is 1. The van der Waals surface area contributed by atoms with Crippen LogP contribution in [0.4, 0.5) is 10.1 Å². The molecular weight excluding hydrogens is 613 g/mol. The van der Waals surface area contributed by atoms with Crippen LogP contribution in [-0.4, -0.2) is 50.9 Å². The first-order chi connectivity index (χ1) is 19.6. The number of hydrogen-bond acceptors (Lipinski definition) is 5. The van der Waals surface area contributed by atoms with E-state index in [0.29, 0.717) is 18.9 Å². The number of amides is 2. The zero-order chi connectivity index (χ0) is 30.0. The molecule has 11 heteroatoms. The number of carbonyl (C=O) groups excluding carboxylic acids is 2. The molecule has 0 heterocycles. The molecule has 41 heavy (non-hydrogen) atoms. The Morgan fingerprint density at radius 3 is 2.20 bits per heavy atom. The van der Waals surface area contributed by atoms with Crippen LogP contribution in [0.2, 0.25) is 0 Å². The minimum absolute atomic E-state index is 0.0668. The minimum Gasteiger partial charge on any atom is -0.494 e. The summed E-state index contributed by atoms with van der Waals surface area (Å²) >= 11 is 3.40. The largest absolute Gasteiger partial charge is 0.494 e. The van der Waals surface area contributed by atoms with E-state index in [4.69, 9.17) is 4.74 Å². The second-order valence-corrected chi connectivity index (χ2v) is 12.1. The number of unbranched alkanes of at least 4 members (excludes halogenated alkanes) is 1. The van der Waals surface area contributed by atoms with Crippen molar-refractivity contribution in [3.63, 3.8) is 0 Å². The quantitative estimate of drug-likeness (QED) is 0.233. The predicted octanol–water partition coefficient (Wildman–Crippen LogP) is 5.52. The number of ether oxygens (including phenoxy) is 1. The number of rotatable bonds is 14. The first-order valence-corrected chi connectivity index (χ1v) is 15.6. The van der Waals surface area contributed by atoms with E-state index in [1.807, 2.05) is 38.1 Å². The van der Waals surface area contributed by atoms with Crippen LogP contribution in [0.25, 0.3) is 0 Å². The molecule has 1 N–H and O–H groups in total. The molecule has 0 aliphatic carbocycles. The van der Waals surface area contributed by atoms with Gasteiger partial charge in [0.2, 0.25) is 11.8 Å². The standard InChI is InChI=1S/C30H35BrFN3O5S/c1-4-6-19-33-30(37)22(3)34(20-23-7-9-24(31)10-8-23)29(36)21-35(26-13-11-25(32)12-14-26)41(38,39)28-17-15-27(16-18-28)40-5-2/h7-18,22H,4-6,19-21H2,1-3H3,(H,33,37)/t22-/m0/s1. The Labute approximate surface area is 249 Å². The highest BCUT2D eigenvalue weighted by molar-refractivity contribution is 9.10. The van der Waals surface area contributed by atoms with Crippen LogP contribution in [0.5, 0.6) is 5.75 Å². The van der Waals surface area contributed by atoms with Crippen molar-refractivity contribution in [2.75, 3.05) is 24.0 Å². The van der Waals surface area contributed by atoms with E-state index < -0.39 is 34.3 Å². The maximum atomic E-state index is 13.9. The SMILES string of the molecule is CCCCNC(=O)[C@H](C)N(Cc1ccc(Br)cc1)C(=O)CN(c1ccc(F)cc1)S(=O)(=O)c1ccc(OCC)cc1. The summed E-state index contributed by atoms with van der Waals surface area (Å²) in [5.74, 6) is -0.983. The molecule has 0 saturated heterocycles. The maximum absolute atomic E-state index is 13.9. The average molecular weight is 649 g/mol. The van der Waals surface area contributed by atoms with E-state index >= 15 is 0 Å². The first-order valence-electron chi connectivity index (χ1n) is 13.4. The molecule has 0 aliphatic rings. The predicted molar refractivity (Wildman–Crippen MR) is 161 cm³/mol. The molecule has 0 bridgehead atoms. The monoisotopic (exact) mass is 647 g/mol. The van der Waals surface area contributed by atoms with Crippen molar-refractivity contribution >= 4 is 43.5 Å². The van der Waals surface area contributed by atoms with E-state index in [1.54, 1.807) is 6.92 Å². The van der Waals surface area contributed by atoms with Gasteiger partial charge in [0.15, 0.2) is 0 Å². The Bertz CT molecular complexity index is 1400. The van der Waals surface area contributed by atoms with Gasteiger partial charge in [0.05, 0.1) is 17.2 Å². The molecule has 0 saturated carbocycles. The molecule has 8 nitrogen and oxygen atoms in total. The highest BCUT2D eigenvalue weighted by atomic mass is 79.9. The maximum Gasteiger partial charge on any atom is 0.264 e. The van der Waals surface area contributed by atoms with Crippen molar-refractivity contribution < 1.29 is 27.1 Å². The number of anilines is 1. The lowest BCUT2D eigenvalue weighted by Gasteiger charge is -2.32. The van der Waals surface area contributed by atoms with Crippen molar-refractivity contribution in [2.45, 2.75) is 51.1 Å². The fourth-order valence-corrected chi connectivity index (χ4v) is 5.72. The molecule has 0 aromatic heterocycles. The second-order valence-electron chi connectivity index (χ2n) is 9.36. The van der Waals surface area contributed by atoms with Crippen LogP contribution in [0.1, 0.15) is 39.2 Å². The molecular formula is C30H35BrFN3O5S. The molecule has 3 aromatic carbocycles. The molecule has 220 valence electrons. The zero-order valence-electron chi connectivity index (χ0n) is 23.3. The molecule has 3 aromatic rings. The second kappa shape index (κ2) is 15.0. The van der Waals surface area contributed by atoms with Crippen LogP contribution >= 0.6 is 15.9 Å². The normalized spacial score (nSPS) is 11.9. The van der Waals surface area contributed by atoms with Gasteiger partial charge in [-0.15, -0.1) is 0 Å². The van der Waals surface area contributed by atoms with E-state index in [-0.39, 0.29) is 23.0 Å². The highest BCUT2D eigenvalue weighted by Crippen LogP contribution is 2.26. The lowest BCUT2D eigenvalue weighted by Crippen LogP contribution is -2.51. The van der Waals surface area contributed by atoms with Gasteiger partial charge < -0.3 is 15.0 Å². The van der Waals surface area contributed by atoms with Crippen molar-refractivity contribution in [2.24, 2.45) is 0 Å². The summed E-state index contributed by atoms with van der Waals surface area (Å²) in [7, 11) is -4.27. The number of hydrogen-bond donors (Lipinski definition) is 1. The Morgan fingerprint density at radius 2 is 1.61 bits per heavy atom. The molecule has 0 unspecified atom stereocenters. The van der Waals surface area contributed by atoms with Crippen LogP contribution in [0.3, 0.4) is 0 Å². The van der Waals surface area contributed by atoms with E-state index in [9.17, 15) is 22.4 Å². The Morgan fingerprint density at radius 1 is 0.976 bits per heavy atom. The third-order valence-corrected chi connectivity index (χ3v) is 8.70. The van der Waals surface area contributed by atoms with Gasteiger partial charge in [0, 0.05) is 17.6 Å². The Hall–Kier alpha value is -3.44. The molecule has 0 spiro atoms. The summed E-state index contributed by atoms with van der Waals surface area (Å²) in [6, 6.07) is 17.1. The number of nitrogens with zero attached hydrogens (tertiary/aromatic N) is 2. The molecule has 0 radical (unpaired) electrons. The van der Waals surface area contributed by atoms with Gasteiger partial charge in [0.25, 0.3) is 10.0 Å². The van der Waals surface area contributed by atoms with Gasteiger partial charge in [-0.2, -0.15) is 0 Å². The summed E-state index contributed by atoms with van der Waals surface area (Å²) < 4.78 is 48.7. The highest BCUT2D eigenvalue weighted by Gasteiger charge is 2.32. The van der Waals surface area contributed by atoms with E-state index in [0.717, 1.165) is 39.3 Å². The zero-order valence-corrected chi connectivity index (χ0v) is 25.8. The smallest absolute Gasteiger partial charge is 0.264 e. The van der Waals surface area contributed by atoms with Crippen LogP contribution in [-0.2, 0) is 26.2 Å². The Kier molecular flexibility index (Phi) is 11.7. The van der Waals surface area contributed by atoms with Crippen LogP contribution < -0.4 is 14.4 Å². The van der Waals surface area contributed by atoms with Crippen molar-refractivity contribution in [3.8, 4) is 5.75 Å². The fraction of sp³-hybridized carbons (Fsp3) is 0.333. The van der Waals surface area contributed by atoms with Crippen LogP contribution in [0.15, 0.2) is 82.2 Å². The summed E-state index contributed by atoms with van der Waals surface area (Å²) in [5.41, 5.74) is 0.870. The van der Waals surface area contributed by atoms with Gasteiger partial charge in [-0.25, -0.2) is 12.8 Å². The molecule has 0 aliphatic heterocycles. The average Bonchev–Trinajstić information content (AvgIpc) is 2.96. The van der Waals surface area contributed by atoms with Crippen molar-refractivity contribution in [1.82, 2.24) is 10.2 Å². The summed E-state index contributed by atoms with van der Waals surface area (Å²) in [4.78, 5) is 28.2. The third-order valence-electron chi connectivity index (χ3n) is 6.38. The summed E-state index contributed by atoms with van der Waals surface area (Å²) in [6.45, 7) is 5.79. The van der Waals surface area contributed by atoms with Gasteiger partial charge in [-0.1, -0.05) is 41.4 Å². The number of carbonyl (C=O) groups is 2. The van der Waals surface area contributed by atoms with E-state index in [2.05, 4.69) is 21.2 Å². The first kappa shape index (κ1) is 32.1. The van der Waals surface area contributed by atoms with Gasteiger partial charge in [0.1, 0.15) is 24.2 Å². The van der Waals surface area contributed by atoms with Gasteiger partial charge >= 0.3 is 0 Å². The van der Waals surface area contributed by atoms with Gasteiger partial charge in [-0.3, -0.25) is 13.9 Å². The topological polar surface area (TPSA) is 96.0 Å². The number of benzene rings is 3. The Balaban J connectivity index is 1.98. The van der Waals surface area contributed by atoms with Crippen molar-refractivity contribution in [3.05, 3.63) is 88.6 Å². The van der Waals surface area contributed by atoms with Crippen molar-refractivity contribution in [1.29, 1.82) is 0 Å². The molecule has 2 amide bonds. The summed E-state index contributed by atoms with van der Waals surface area (Å²) in [6.07, 6.45) is 1.68. The molecule has 1 atom stereocenters. The van der Waals surface area contributed by atoms with Crippen LogP contribution in [0, 0.1) is 5.82 Å². The minimum atomic E-state index is -4.27. The summed E-state index contributed by atoms with van der Waals surface area (Å²) in [5, 5.41) is 2.85.